The van der Waals surface area contributed by atoms with E-state index in [2.05, 4.69) is 16.3 Å². The Bertz CT molecular complexity index is 501. The van der Waals surface area contributed by atoms with E-state index in [1.54, 1.807) is 11.3 Å². The summed E-state index contributed by atoms with van der Waals surface area (Å²) in [6.45, 7) is 3.04. The van der Waals surface area contributed by atoms with Gasteiger partial charge in [0.15, 0.2) is 0 Å². The molecule has 1 aromatic rings. The van der Waals surface area contributed by atoms with Gasteiger partial charge in [-0.3, -0.25) is 4.79 Å². The van der Waals surface area contributed by atoms with E-state index in [1.807, 2.05) is 0 Å². The molecular weight excluding hydrogens is 268 g/mol. The van der Waals surface area contributed by atoms with Crippen molar-refractivity contribution in [2.75, 3.05) is 19.6 Å². The van der Waals surface area contributed by atoms with Crippen molar-refractivity contribution in [3.8, 4) is 0 Å². The van der Waals surface area contributed by atoms with Crippen LogP contribution in [0.4, 0.5) is 0 Å². The number of fused-ring (bicyclic) bond motifs is 2. The highest BCUT2D eigenvalue weighted by atomic mass is 32.1. The number of thiophene rings is 1. The Balaban J connectivity index is 1.56. The van der Waals surface area contributed by atoms with Gasteiger partial charge in [-0.15, -0.1) is 11.3 Å². The summed E-state index contributed by atoms with van der Waals surface area (Å²) < 4.78 is 0. The third kappa shape index (κ3) is 2.09. The standard InChI is InChI=1S/C16H22N2OS/c19-16(18-7-6-12-9-17-10-13(12)18)15-8-11-4-2-1-3-5-14(11)20-15/h8,12-13,17H,1-7,9-10H2/t12-,13+/m0/s1. The molecule has 3 nitrogen and oxygen atoms in total. The van der Waals surface area contributed by atoms with Crippen LogP contribution in [0.15, 0.2) is 6.07 Å². The van der Waals surface area contributed by atoms with Crippen molar-refractivity contribution in [2.24, 2.45) is 5.92 Å². The van der Waals surface area contributed by atoms with Gasteiger partial charge in [0, 0.05) is 30.6 Å². The van der Waals surface area contributed by atoms with Crippen molar-refractivity contribution in [1.29, 1.82) is 0 Å². The molecule has 2 saturated heterocycles. The maximum absolute atomic E-state index is 12.8. The number of carbonyl (C=O) groups is 1. The smallest absolute Gasteiger partial charge is 0.264 e. The second kappa shape index (κ2) is 5.15. The highest BCUT2D eigenvalue weighted by molar-refractivity contribution is 7.14. The summed E-state index contributed by atoms with van der Waals surface area (Å²) in [5.74, 6) is 0.982. The highest BCUT2D eigenvalue weighted by Crippen LogP contribution is 2.33. The van der Waals surface area contributed by atoms with E-state index in [9.17, 15) is 4.79 Å². The molecule has 1 aromatic heterocycles. The molecule has 4 heteroatoms. The number of rotatable bonds is 1. The van der Waals surface area contributed by atoms with Crippen LogP contribution in [0.3, 0.4) is 0 Å². The minimum Gasteiger partial charge on any atom is -0.333 e. The second-order valence-corrected chi connectivity index (χ2v) is 7.53. The summed E-state index contributed by atoms with van der Waals surface area (Å²) in [5, 5.41) is 3.43. The molecule has 1 amide bonds. The minimum atomic E-state index is 0.291. The van der Waals surface area contributed by atoms with Gasteiger partial charge in [0.05, 0.1) is 4.88 Å². The number of hydrogen-bond donors (Lipinski definition) is 1. The summed E-state index contributed by atoms with van der Waals surface area (Å²) in [7, 11) is 0. The summed E-state index contributed by atoms with van der Waals surface area (Å²) in [5.41, 5.74) is 1.45. The lowest BCUT2D eigenvalue weighted by Gasteiger charge is -2.22. The normalized spacial score (nSPS) is 29.1. The van der Waals surface area contributed by atoms with Gasteiger partial charge >= 0.3 is 0 Å². The Labute approximate surface area is 124 Å². The molecule has 0 bridgehead atoms. The zero-order valence-corrected chi connectivity index (χ0v) is 12.7. The van der Waals surface area contributed by atoms with Crippen LogP contribution in [0.5, 0.6) is 0 Å². The minimum absolute atomic E-state index is 0.291. The van der Waals surface area contributed by atoms with Gasteiger partial charge in [-0.1, -0.05) is 6.42 Å². The third-order valence-corrected chi connectivity index (χ3v) is 6.39. The molecule has 0 unspecified atom stereocenters. The van der Waals surface area contributed by atoms with Crippen LogP contribution in [-0.2, 0) is 12.8 Å². The fraction of sp³-hybridized carbons (Fsp3) is 0.688. The Hall–Kier alpha value is -0.870. The van der Waals surface area contributed by atoms with Crippen molar-refractivity contribution in [1.82, 2.24) is 10.2 Å². The number of nitrogens with one attached hydrogen (secondary N) is 1. The first kappa shape index (κ1) is 12.8. The maximum Gasteiger partial charge on any atom is 0.264 e. The fourth-order valence-corrected chi connectivity index (χ4v) is 5.23. The van der Waals surface area contributed by atoms with E-state index >= 15 is 0 Å². The number of aryl methyl sites for hydroxylation is 2. The first-order valence-electron chi connectivity index (χ1n) is 7.96. The lowest BCUT2D eigenvalue weighted by atomic mass is 10.1. The fourth-order valence-electron chi connectivity index (χ4n) is 4.02. The van der Waals surface area contributed by atoms with Crippen LogP contribution in [0, 0.1) is 5.92 Å². The molecule has 1 aliphatic carbocycles. The number of likely N-dealkylation sites (tertiary alicyclic amines) is 1. The predicted molar refractivity (Wildman–Crippen MR) is 81.4 cm³/mol. The van der Waals surface area contributed by atoms with Crippen LogP contribution >= 0.6 is 11.3 Å². The number of amides is 1. The Morgan fingerprint density at radius 3 is 3.10 bits per heavy atom. The monoisotopic (exact) mass is 290 g/mol. The van der Waals surface area contributed by atoms with Gasteiger partial charge in [-0.05, 0) is 49.7 Å². The van der Waals surface area contributed by atoms with Crippen molar-refractivity contribution in [2.45, 2.75) is 44.6 Å². The van der Waals surface area contributed by atoms with Gasteiger partial charge in [-0.25, -0.2) is 0 Å². The predicted octanol–water partition coefficient (Wildman–Crippen LogP) is 2.45. The first-order chi connectivity index (χ1) is 9.83. The Morgan fingerprint density at radius 1 is 1.25 bits per heavy atom. The van der Waals surface area contributed by atoms with E-state index < -0.39 is 0 Å². The number of hydrogen-bond acceptors (Lipinski definition) is 3. The molecule has 20 heavy (non-hydrogen) atoms. The SMILES string of the molecule is O=C(c1cc2c(s1)CCCCC2)N1CC[C@H]2CNC[C@H]21. The molecule has 0 saturated carbocycles. The van der Waals surface area contributed by atoms with Crippen molar-refractivity contribution >= 4 is 17.2 Å². The van der Waals surface area contributed by atoms with Crippen LogP contribution < -0.4 is 5.32 Å². The topological polar surface area (TPSA) is 32.3 Å². The molecular formula is C16H22N2OS. The quantitative estimate of drug-likeness (QED) is 0.806. The molecule has 2 fully saturated rings. The van der Waals surface area contributed by atoms with Gasteiger partial charge in [0.1, 0.15) is 0 Å². The van der Waals surface area contributed by atoms with Crippen LogP contribution in [-0.4, -0.2) is 36.5 Å². The van der Waals surface area contributed by atoms with Gasteiger partial charge in [-0.2, -0.15) is 0 Å². The molecule has 4 rings (SSSR count). The molecule has 0 spiro atoms. The zero-order chi connectivity index (χ0) is 13.5. The average Bonchev–Trinajstić information content (AvgIpc) is 3.11. The molecule has 0 radical (unpaired) electrons. The summed E-state index contributed by atoms with van der Waals surface area (Å²) in [6.07, 6.45) is 7.45. The number of carbonyl (C=O) groups excluding carboxylic acids is 1. The molecule has 108 valence electrons. The largest absolute Gasteiger partial charge is 0.333 e. The van der Waals surface area contributed by atoms with Crippen molar-refractivity contribution < 1.29 is 4.79 Å². The lowest BCUT2D eigenvalue weighted by molar-refractivity contribution is 0.0742. The van der Waals surface area contributed by atoms with E-state index in [1.165, 1.54) is 49.0 Å². The summed E-state index contributed by atoms with van der Waals surface area (Å²) in [4.78, 5) is 17.4. The van der Waals surface area contributed by atoms with Crippen LogP contribution in [0.25, 0.3) is 0 Å². The van der Waals surface area contributed by atoms with Crippen molar-refractivity contribution in [3.05, 3.63) is 21.4 Å². The Kier molecular flexibility index (Phi) is 3.31. The summed E-state index contributed by atoms with van der Waals surface area (Å²) in [6, 6.07) is 2.65. The first-order valence-corrected chi connectivity index (χ1v) is 8.78. The van der Waals surface area contributed by atoms with E-state index in [0.29, 0.717) is 17.9 Å². The maximum atomic E-state index is 12.8. The zero-order valence-electron chi connectivity index (χ0n) is 11.9. The molecule has 2 atom stereocenters. The average molecular weight is 290 g/mol. The van der Waals surface area contributed by atoms with Gasteiger partial charge in [0.25, 0.3) is 5.91 Å². The second-order valence-electron chi connectivity index (χ2n) is 6.39. The molecule has 0 aromatic carbocycles. The van der Waals surface area contributed by atoms with E-state index in [4.69, 9.17) is 0 Å². The van der Waals surface area contributed by atoms with E-state index in [0.717, 1.165) is 24.5 Å². The number of nitrogens with zero attached hydrogens (tertiary/aromatic N) is 1. The van der Waals surface area contributed by atoms with E-state index in [-0.39, 0.29) is 0 Å². The van der Waals surface area contributed by atoms with Crippen molar-refractivity contribution in [3.63, 3.8) is 0 Å². The third-order valence-electron chi connectivity index (χ3n) is 5.16. The van der Waals surface area contributed by atoms with Crippen LogP contribution in [0.1, 0.15) is 45.8 Å². The molecule has 1 N–H and O–H groups in total. The Morgan fingerprint density at radius 2 is 2.15 bits per heavy atom. The highest BCUT2D eigenvalue weighted by Gasteiger charge is 2.40. The lowest BCUT2D eigenvalue weighted by Crippen LogP contribution is -2.38. The van der Waals surface area contributed by atoms with Gasteiger partial charge in [0.2, 0.25) is 0 Å². The summed E-state index contributed by atoms with van der Waals surface area (Å²) >= 11 is 1.77. The molecule has 2 aliphatic heterocycles. The molecule has 3 heterocycles. The molecule has 3 aliphatic rings. The van der Waals surface area contributed by atoms with Gasteiger partial charge < -0.3 is 10.2 Å². The van der Waals surface area contributed by atoms with Crippen LogP contribution in [0.2, 0.25) is 0 Å².